The van der Waals surface area contributed by atoms with Gasteiger partial charge in [0.2, 0.25) is 5.91 Å². The summed E-state index contributed by atoms with van der Waals surface area (Å²) < 4.78 is 0. The van der Waals surface area contributed by atoms with Gasteiger partial charge in [0.15, 0.2) is 0 Å². The molecular weight excluding hydrogens is 314 g/mol. The highest BCUT2D eigenvalue weighted by molar-refractivity contribution is 5.84. The molecule has 1 saturated carbocycles. The molecule has 1 aromatic heterocycles. The Balaban J connectivity index is 1.68. The predicted molar refractivity (Wildman–Crippen MR) is 99.5 cm³/mol. The first kappa shape index (κ1) is 18.1. The Morgan fingerprint density at radius 1 is 1.36 bits per heavy atom. The van der Waals surface area contributed by atoms with Crippen molar-refractivity contribution in [1.82, 2.24) is 19.8 Å². The van der Waals surface area contributed by atoms with Gasteiger partial charge in [-0.15, -0.1) is 0 Å². The van der Waals surface area contributed by atoms with Crippen molar-refractivity contribution in [3.8, 4) is 0 Å². The summed E-state index contributed by atoms with van der Waals surface area (Å²) in [7, 11) is 4.17. The van der Waals surface area contributed by atoms with E-state index >= 15 is 0 Å². The summed E-state index contributed by atoms with van der Waals surface area (Å²) >= 11 is 0. The van der Waals surface area contributed by atoms with E-state index in [0.29, 0.717) is 17.9 Å². The fourth-order valence-corrected chi connectivity index (χ4v) is 3.45. The standard InChI is InChI=1S/C19H31N5O/c1-13(2)11-16(19(25)24-10-8-15(12-24)23(3)4)21-17-7-9-20-18(22-17)14-5-6-14/h7,9,13-16H,5-6,8,10-12H2,1-4H3,(H,20,21,22)/t15-,16-/m0/s1. The lowest BCUT2D eigenvalue weighted by molar-refractivity contribution is -0.131. The number of likely N-dealkylation sites (tertiary alicyclic amines) is 1. The van der Waals surface area contributed by atoms with Crippen molar-refractivity contribution in [2.24, 2.45) is 5.92 Å². The van der Waals surface area contributed by atoms with Crippen molar-refractivity contribution < 1.29 is 4.79 Å². The Kier molecular flexibility index (Phi) is 5.57. The van der Waals surface area contributed by atoms with E-state index in [4.69, 9.17) is 0 Å². The summed E-state index contributed by atoms with van der Waals surface area (Å²) in [5.74, 6) is 2.84. The number of carbonyl (C=O) groups is 1. The Labute approximate surface area is 151 Å². The van der Waals surface area contributed by atoms with Crippen LogP contribution in [-0.2, 0) is 4.79 Å². The SMILES string of the molecule is CC(C)C[C@H](Nc1ccnc(C2CC2)n1)C(=O)N1CC[C@H](N(C)C)C1. The average molecular weight is 345 g/mol. The van der Waals surface area contributed by atoms with Crippen molar-refractivity contribution in [1.29, 1.82) is 0 Å². The van der Waals surface area contributed by atoms with Crippen LogP contribution in [0.3, 0.4) is 0 Å². The molecule has 0 radical (unpaired) electrons. The quantitative estimate of drug-likeness (QED) is 0.822. The summed E-state index contributed by atoms with van der Waals surface area (Å²) in [4.78, 5) is 26.3. The number of carbonyl (C=O) groups excluding carboxylic acids is 1. The molecule has 1 saturated heterocycles. The minimum Gasteiger partial charge on any atom is -0.358 e. The topological polar surface area (TPSA) is 61.4 Å². The monoisotopic (exact) mass is 345 g/mol. The molecule has 6 heteroatoms. The van der Waals surface area contributed by atoms with E-state index in [-0.39, 0.29) is 11.9 Å². The zero-order valence-electron chi connectivity index (χ0n) is 15.9. The summed E-state index contributed by atoms with van der Waals surface area (Å²) in [5.41, 5.74) is 0. The Bertz CT molecular complexity index is 599. The maximum absolute atomic E-state index is 13.1. The van der Waals surface area contributed by atoms with Gasteiger partial charge < -0.3 is 15.1 Å². The Morgan fingerprint density at radius 3 is 2.72 bits per heavy atom. The number of nitrogens with one attached hydrogen (secondary N) is 1. The first-order valence-electron chi connectivity index (χ1n) is 9.48. The van der Waals surface area contributed by atoms with E-state index in [9.17, 15) is 4.79 Å². The van der Waals surface area contributed by atoms with Crippen molar-refractivity contribution in [2.45, 2.75) is 57.5 Å². The first-order chi connectivity index (χ1) is 11.9. The highest BCUT2D eigenvalue weighted by atomic mass is 16.2. The lowest BCUT2D eigenvalue weighted by atomic mass is 10.0. The number of aromatic nitrogens is 2. The van der Waals surface area contributed by atoms with E-state index in [1.54, 1.807) is 6.20 Å². The second-order valence-corrected chi connectivity index (χ2v) is 8.09. The van der Waals surface area contributed by atoms with Crippen LogP contribution in [0.15, 0.2) is 12.3 Å². The van der Waals surface area contributed by atoms with Crippen LogP contribution in [0.4, 0.5) is 5.82 Å². The molecule has 2 aliphatic rings. The van der Waals surface area contributed by atoms with Gasteiger partial charge in [0.05, 0.1) is 0 Å². The van der Waals surface area contributed by atoms with Crippen molar-refractivity contribution >= 4 is 11.7 Å². The van der Waals surface area contributed by atoms with Gasteiger partial charge in [0.1, 0.15) is 17.7 Å². The fourth-order valence-electron chi connectivity index (χ4n) is 3.45. The third-order valence-electron chi connectivity index (χ3n) is 5.15. The minimum absolute atomic E-state index is 0.199. The van der Waals surface area contributed by atoms with Crippen LogP contribution in [0.5, 0.6) is 0 Å². The second kappa shape index (κ2) is 7.68. The first-order valence-corrected chi connectivity index (χ1v) is 9.48. The second-order valence-electron chi connectivity index (χ2n) is 8.09. The van der Waals surface area contributed by atoms with Gasteiger partial charge in [-0.05, 0) is 51.8 Å². The number of hydrogen-bond acceptors (Lipinski definition) is 5. The summed E-state index contributed by atoms with van der Waals surface area (Å²) in [6, 6.07) is 2.12. The molecule has 1 aromatic rings. The van der Waals surface area contributed by atoms with Gasteiger partial charge in [-0.2, -0.15) is 0 Å². The molecule has 2 fully saturated rings. The van der Waals surface area contributed by atoms with Crippen molar-refractivity contribution in [3.05, 3.63) is 18.1 Å². The molecule has 1 N–H and O–H groups in total. The van der Waals surface area contributed by atoms with Crippen LogP contribution in [0.25, 0.3) is 0 Å². The molecule has 0 spiro atoms. The number of anilines is 1. The fraction of sp³-hybridized carbons (Fsp3) is 0.737. The molecule has 1 aliphatic heterocycles. The molecule has 2 heterocycles. The van der Waals surface area contributed by atoms with Gasteiger partial charge in [-0.1, -0.05) is 13.8 Å². The molecule has 3 rings (SSSR count). The molecule has 1 aliphatic carbocycles. The molecular formula is C19H31N5O. The van der Waals surface area contributed by atoms with Gasteiger partial charge in [0.25, 0.3) is 0 Å². The highest BCUT2D eigenvalue weighted by Gasteiger charge is 2.32. The normalized spacial score (nSPS) is 21.8. The minimum atomic E-state index is -0.220. The molecule has 6 nitrogen and oxygen atoms in total. The third-order valence-corrected chi connectivity index (χ3v) is 5.15. The molecule has 0 aromatic carbocycles. The van der Waals surface area contributed by atoms with E-state index in [1.165, 1.54) is 12.8 Å². The van der Waals surface area contributed by atoms with Crippen LogP contribution in [0.1, 0.15) is 51.3 Å². The van der Waals surface area contributed by atoms with E-state index in [0.717, 1.165) is 37.6 Å². The molecule has 1 amide bonds. The molecule has 138 valence electrons. The number of likely N-dealkylation sites (N-methyl/N-ethyl adjacent to an activating group) is 1. The predicted octanol–water partition coefficient (Wildman–Crippen LogP) is 2.34. The van der Waals surface area contributed by atoms with Crippen molar-refractivity contribution in [3.63, 3.8) is 0 Å². The van der Waals surface area contributed by atoms with Crippen LogP contribution < -0.4 is 5.32 Å². The number of hydrogen-bond donors (Lipinski definition) is 1. The van der Waals surface area contributed by atoms with Crippen molar-refractivity contribution in [2.75, 3.05) is 32.5 Å². The smallest absolute Gasteiger partial charge is 0.245 e. The Hall–Kier alpha value is -1.69. The zero-order valence-corrected chi connectivity index (χ0v) is 15.9. The Morgan fingerprint density at radius 2 is 2.12 bits per heavy atom. The van der Waals surface area contributed by atoms with Gasteiger partial charge >= 0.3 is 0 Å². The van der Waals surface area contributed by atoms with Crippen LogP contribution in [0, 0.1) is 5.92 Å². The summed E-state index contributed by atoms with van der Waals surface area (Å²) in [6.07, 6.45) is 6.02. The maximum atomic E-state index is 13.1. The van der Waals surface area contributed by atoms with Gasteiger partial charge in [0, 0.05) is 31.2 Å². The van der Waals surface area contributed by atoms with Gasteiger partial charge in [-0.3, -0.25) is 4.79 Å². The molecule has 25 heavy (non-hydrogen) atoms. The molecule has 2 atom stereocenters. The summed E-state index contributed by atoms with van der Waals surface area (Å²) in [5, 5.41) is 3.40. The van der Waals surface area contributed by atoms with Crippen LogP contribution in [0.2, 0.25) is 0 Å². The molecule has 0 unspecified atom stereocenters. The molecule has 0 bridgehead atoms. The lowest BCUT2D eigenvalue weighted by Gasteiger charge is -2.27. The van der Waals surface area contributed by atoms with E-state index in [1.807, 2.05) is 11.0 Å². The van der Waals surface area contributed by atoms with E-state index in [2.05, 4.69) is 48.1 Å². The number of nitrogens with zero attached hydrogens (tertiary/aromatic N) is 4. The maximum Gasteiger partial charge on any atom is 0.245 e. The van der Waals surface area contributed by atoms with Crippen LogP contribution in [-0.4, -0.2) is 64.9 Å². The number of rotatable bonds is 7. The summed E-state index contributed by atoms with van der Waals surface area (Å²) in [6.45, 7) is 5.97. The van der Waals surface area contributed by atoms with Gasteiger partial charge in [-0.25, -0.2) is 9.97 Å². The highest BCUT2D eigenvalue weighted by Crippen LogP contribution is 2.38. The van der Waals surface area contributed by atoms with Crippen LogP contribution >= 0.6 is 0 Å². The number of amides is 1. The van der Waals surface area contributed by atoms with E-state index < -0.39 is 0 Å². The lowest BCUT2D eigenvalue weighted by Crippen LogP contribution is -2.44. The largest absolute Gasteiger partial charge is 0.358 e. The zero-order chi connectivity index (χ0) is 18.0. The average Bonchev–Trinajstić information content (AvgIpc) is 3.30. The third kappa shape index (κ3) is 4.69.